The second-order valence-corrected chi connectivity index (χ2v) is 6.85. The van der Waals surface area contributed by atoms with E-state index in [2.05, 4.69) is 25.3 Å². The fraction of sp³-hybridized carbons (Fsp3) is 0.667. The fourth-order valence-electron chi connectivity index (χ4n) is 0.620. The van der Waals surface area contributed by atoms with Crippen molar-refractivity contribution >= 4 is 60.5 Å². The molecular formula is C6H10S5. The normalized spacial score (nSPS) is 28.9. The van der Waals surface area contributed by atoms with Crippen LogP contribution in [0.4, 0.5) is 0 Å². The molecule has 1 heterocycles. The quantitative estimate of drug-likeness (QED) is 0.627. The van der Waals surface area contributed by atoms with Gasteiger partial charge in [-0.3, -0.25) is 0 Å². The zero-order valence-corrected chi connectivity index (χ0v) is 10.2. The van der Waals surface area contributed by atoms with Gasteiger partial charge in [-0.05, 0) is 0 Å². The van der Waals surface area contributed by atoms with Crippen molar-refractivity contribution in [2.24, 2.45) is 0 Å². The molecule has 0 nitrogen and oxygen atoms in total. The highest BCUT2D eigenvalue weighted by molar-refractivity contribution is 8.22. The first-order valence-corrected chi connectivity index (χ1v) is 7.28. The van der Waals surface area contributed by atoms with Crippen LogP contribution in [0.15, 0.2) is 8.47 Å². The minimum atomic E-state index is 1.08. The van der Waals surface area contributed by atoms with E-state index in [1.54, 1.807) is 23.5 Å². The van der Waals surface area contributed by atoms with Gasteiger partial charge in [-0.2, -0.15) is 11.8 Å². The van der Waals surface area contributed by atoms with Crippen LogP contribution < -0.4 is 0 Å². The molecule has 0 aliphatic carbocycles. The van der Waals surface area contributed by atoms with Crippen LogP contribution in [0.1, 0.15) is 0 Å². The standard InChI is InChI=1S/C6H10S5/c7-5-6(8)11-4-2-9-1-3-10-5/h7-8H,1-4H2/b6-5-. The molecule has 0 aromatic heterocycles. The average Bonchev–Trinajstić information content (AvgIpc) is 2.07. The first-order chi connectivity index (χ1) is 5.30. The Balaban J connectivity index is 2.47. The lowest BCUT2D eigenvalue weighted by atomic mass is 10.9. The zero-order chi connectivity index (χ0) is 8.10. The van der Waals surface area contributed by atoms with E-state index in [1.165, 1.54) is 11.5 Å². The Morgan fingerprint density at radius 2 is 1.27 bits per heavy atom. The highest BCUT2D eigenvalue weighted by atomic mass is 32.2. The third-order valence-electron chi connectivity index (χ3n) is 1.12. The predicted octanol–water partition coefficient (Wildman–Crippen LogP) is 3.19. The van der Waals surface area contributed by atoms with E-state index < -0.39 is 0 Å². The summed E-state index contributed by atoms with van der Waals surface area (Å²) < 4.78 is 2.17. The largest absolute Gasteiger partial charge is 0.160 e. The van der Waals surface area contributed by atoms with Gasteiger partial charge in [0.2, 0.25) is 0 Å². The fourth-order valence-corrected chi connectivity index (χ4v) is 4.36. The van der Waals surface area contributed by atoms with E-state index in [1.807, 2.05) is 11.8 Å². The Kier molecular flexibility index (Phi) is 5.79. The molecule has 1 aliphatic heterocycles. The summed E-state index contributed by atoms with van der Waals surface area (Å²) in [5.41, 5.74) is 0. The summed E-state index contributed by atoms with van der Waals surface area (Å²) in [5, 5.41) is 0. The highest BCUT2D eigenvalue weighted by Gasteiger charge is 2.03. The molecule has 0 unspecified atom stereocenters. The molecule has 0 radical (unpaired) electrons. The second-order valence-electron chi connectivity index (χ2n) is 1.92. The minimum absolute atomic E-state index is 1.08. The first-order valence-electron chi connectivity index (χ1n) is 3.26. The van der Waals surface area contributed by atoms with Crippen molar-refractivity contribution in [3.63, 3.8) is 0 Å². The molecule has 0 bridgehead atoms. The van der Waals surface area contributed by atoms with Gasteiger partial charge >= 0.3 is 0 Å². The average molecular weight is 242 g/mol. The van der Waals surface area contributed by atoms with Gasteiger partial charge in [0, 0.05) is 23.0 Å². The first kappa shape index (κ1) is 10.6. The Bertz CT molecular complexity index is 137. The van der Waals surface area contributed by atoms with Crippen molar-refractivity contribution in [2.75, 3.05) is 23.0 Å². The van der Waals surface area contributed by atoms with Crippen LogP contribution >= 0.6 is 60.5 Å². The van der Waals surface area contributed by atoms with Gasteiger partial charge in [0.25, 0.3) is 0 Å². The maximum Gasteiger partial charge on any atom is 0.0569 e. The zero-order valence-electron chi connectivity index (χ0n) is 5.95. The smallest absolute Gasteiger partial charge is 0.0569 e. The molecule has 0 fully saturated rings. The number of rotatable bonds is 0. The summed E-state index contributed by atoms with van der Waals surface area (Å²) in [7, 11) is 0. The van der Waals surface area contributed by atoms with E-state index in [0.717, 1.165) is 20.0 Å². The highest BCUT2D eigenvalue weighted by Crippen LogP contribution is 2.34. The maximum absolute atomic E-state index is 4.36. The van der Waals surface area contributed by atoms with Gasteiger partial charge in [-0.1, -0.05) is 0 Å². The summed E-state index contributed by atoms with van der Waals surface area (Å²) >= 11 is 14.3. The number of thiol groups is 2. The van der Waals surface area contributed by atoms with Gasteiger partial charge in [0.05, 0.1) is 8.47 Å². The van der Waals surface area contributed by atoms with E-state index in [0.29, 0.717) is 0 Å². The Morgan fingerprint density at radius 3 is 1.73 bits per heavy atom. The Hall–Kier alpha value is 1.49. The van der Waals surface area contributed by atoms with Gasteiger partial charge in [-0.25, -0.2) is 0 Å². The molecular weight excluding hydrogens is 232 g/mol. The van der Waals surface area contributed by atoms with E-state index in [9.17, 15) is 0 Å². The third kappa shape index (κ3) is 4.31. The molecule has 0 aromatic rings. The lowest BCUT2D eigenvalue weighted by molar-refractivity contribution is 1.50. The van der Waals surface area contributed by atoms with Gasteiger partial charge < -0.3 is 0 Å². The lowest BCUT2D eigenvalue weighted by Gasteiger charge is -2.00. The molecule has 0 saturated heterocycles. The van der Waals surface area contributed by atoms with Gasteiger partial charge in [-0.15, -0.1) is 48.8 Å². The second kappa shape index (κ2) is 6.02. The van der Waals surface area contributed by atoms with Crippen LogP contribution in [-0.2, 0) is 0 Å². The molecule has 11 heavy (non-hydrogen) atoms. The molecule has 0 aromatic carbocycles. The van der Waals surface area contributed by atoms with E-state index in [4.69, 9.17) is 0 Å². The summed E-state index contributed by atoms with van der Waals surface area (Å²) in [5.74, 6) is 4.79. The molecule has 5 heteroatoms. The molecule has 1 aliphatic rings. The predicted molar refractivity (Wildman–Crippen MR) is 67.2 cm³/mol. The van der Waals surface area contributed by atoms with Gasteiger partial charge in [0.15, 0.2) is 0 Å². The molecule has 0 saturated carbocycles. The minimum Gasteiger partial charge on any atom is -0.160 e. The van der Waals surface area contributed by atoms with Crippen molar-refractivity contribution in [1.29, 1.82) is 0 Å². The monoisotopic (exact) mass is 242 g/mol. The van der Waals surface area contributed by atoms with E-state index in [-0.39, 0.29) is 0 Å². The Labute approximate surface area is 91.5 Å². The molecule has 0 atom stereocenters. The summed E-state index contributed by atoms with van der Waals surface area (Å²) in [6.45, 7) is 0. The van der Waals surface area contributed by atoms with Crippen molar-refractivity contribution in [3.8, 4) is 0 Å². The third-order valence-corrected chi connectivity index (χ3v) is 6.22. The van der Waals surface area contributed by atoms with Crippen LogP contribution in [0.5, 0.6) is 0 Å². The van der Waals surface area contributed by atoms with Crippen LogP contribution in [-0.4, -0.2) is 23.0 Å². The number of thioether (sulfide) groups is 3. The number of hydrogen-bond donors (Lipinski definition) is 2. The Morgan fingerprint density at radius 1 is 0.818 bits per heavy atom. The molecule has 0 spiro atoms. The summed E-state index contributed by atoms with van der Waals surface area (Å²) in [6.07, 6.45) is 0. The topological polar surface area (TPSA) is 0 Å². The van der Waals surface area contributed by atoms with Crippen LogP contribution in [0.25, 0.3) is 0 Å². The molecule has 0 N–H and O–H groups in total. The summed E-state index contributed by atoms with van der Waals surface area (Å²) in [4.78, 5) is 0. The van der Waals surface area contributed by atoms with Crippen LogP contribution in [0.3, 0.4) is 0 Å². The van der Waals surface area contributed by atoms with Gasteiger partial charge in [0.1, 0.15) is 0 Å². The molecule has 1 rings (SSSR count). The van der Waals surface area contributed by atoms with Crippen molar-refractivity contribution in [2.45, 2.75) is 0 Å². The lowest BCUT2D eigenvalue weighted by Crippen LogP contribution is -1.86. The van der Waals surface area contributed by atoms with Crippen molar-refractivity contribution in [3.05, 3.63) is 8.47 Å². The van der Waals surface area contributed by atoms with E-state index >= 15 is 0 Å². The molecule has 0 amide bonds. The SMILES string of the molecule is S/C1=C(\S)SCCSCCS1. The summed E-state index contributed by atoms with van der Waals surface area (Å²) in [6, 6.07) is 0. The van der Waals surface area contributed by atoms with Crippen LogP contribution in [0, 0.1) is 0 Å². The number of hydrogen-bond acceptors (Lipinski definition) is 5. The van der Waals surface area contributed by atoms with Crippen LogP contribution in [0.2, 0.25) is 0 Å². The van der Waals surface area contributed by atoms with Crippen molar-refractivity contribution < 1.29 is 0 Å². The maximum atomic E-state index is 4.36. The van der Waals surface area contributed by atoms with Crippen molar-refractivity contribution in [1.82, 2.24) is 0 Å². The molecule has 64 valence electrons.